The third-order valence-corrected chi connectivity index (χ3v) is 5.82. The number of thiazole rings is 1. The van der Waals surface area contributed by atoms with Gasteiger partial charge in [0.2, 0.25) is 0 Å². The van der Waals surface area contributed by atoms with Gasteiger partial charge in [-0.05, 0) is 24.6 Å². The van der Waals surface area contributed by atoms with Gasteiger partial charge in [0.05, 0.1) is 0 Å². The van der Waals surface area contributed by atoms with E-state index in [1.54, 1.807) is 24.4 Å². The van der Waals surface area contributed by atoms with Crippen LogP contribution in [-0.2, 0) is 16.4 Å². The number of aromatic amines is 1. The molecule has 0 aliphatic heterocycles. The normalized spacial score (nSPS) is 11.9. The van der Waals surface area contributed by atoms with Gasteiger partial charge in [-0.15, -0.1) is 11.3 Å². The maximum atomic E-state index is 12.5. The molecule has 21 heavy (non-hydrogen) atoms. The summed E-state index contributed by atoms with van der Waals surface area (Å²) in [6.45, 7) is 2.00. The molecular weight excluding hydrogens is 330 g/mol. The molecule has 0 atom stereocenters. The van der Waals surface area contributed by atoms with Crippen LogP contribution in [0.2, 0.25) is 5.02 Å². The van der Waals surface area contributed by atoms with Crippen molar-refractivity contribution in [3.63, 3.8) is 0 Å². The number of aromatic nitrogens is 2. The third kappa shape index (κ3) is 2.76. The van der Waals surface area contributed by atoms with Crippen LogP contribution >= 0.6 is 22.9 Å². The van der Waals surface area contributed by atoms with Gasteiger partial charge in [0.15, 0.2) is 5.13 Å². The Hall–Kier alpha value is -1.57. The Morgan fingerprint density at radius 2 is 2.24 bits per heavy atom. The molecule has 0 amide bonds. The molecule has 0 radical (unpaired) electrons. The average Bonchev–Trinajstić information content (AvgIpc) is 3.04. The highest BCUT2D eigenvalue weighted by Crippen LogP contribution is 2.28. The zero-order valence-electron chi connectivity index (χ0n) is 11.1. The summed E-state index contributed by atoms with van der Waals surface area (Å²) in [6, 6.07) is 5.03. The summed E-state index contributed by atoms with van der Waals surface area (Å²) in [5, 5.41) is 1.52. The SMILES string of the molecule is CCc1cnc(NS(=O)(=O)c2c[nH]c3cc(Cl)ccc23)s1. The van der Waals surface area contributed by atoms with Crippen molar-refractivity contribution in [3.8, 4) is 0 Å². The number of fused-ring (bicyclic) bond motifs is 1. The highest BCUT2D eigenvalue weighted by molar-refractivity contribution is 7.93. The zero-order chi connectivity index (χ0) is 15.0. The average molecular weight is 342 g/mol. The van der Waals surface area contributed by atoms with Gasteiger partial charge in [0.25, 0.3) is 10.0 Å². The fraction of sp³-hybridized carbons (Fsp3) is 0.154. The van der Waals surface area contributed by atoms with E-state index < -0.39 is 10.0 Å². The summed E-state index contributed by atoms with van der Waals surface area (Å²) >= 11 is 7.23. The highest BCUT2D eigenvalue weighted by atomic mass is 35.5. The number of halogens is 1. The maximum Gasteiger partial charge on any atom is 0.265 e. The van der Waals surface area contributed by atoms with Crippen LogP contribution < -0.4 is 4.72 Å². The summed E-state index contributed by atoms with van der Waals surface area (Å²) in [5.41, 5.74) is 0.677. The van der Waals surface area contributed by atoms with Crippen LogP contribution in [0, 0.1) is 0 Å². The molecule has 3 aromatic rings. The van der Waals surface area contributed by atoms with Crippen molar-refractivity contribution in [2.45, 2.75) is 18.2 Å². The van der Waals surface area contributed by atoms with Crippen molar-refractivity contribution < 1.29 is 8.42 Å². The molecule has 2 heterocycles. The molecule has 0 spiro atoms. The highest BCUT2D eigenvalue weighted by Gasteiger charge is 2.20. The van der Waals surface area contributed by atoms with Crippen LogP contribution in [0.25, 0.3) is 10.9 Å². The predicted octanol–water partition coefficient (Wildman–Crippen LogP) is 3.64. The van der Waals surface area contributed by atoms with E-state index in [0.29, 0.717) is 21.1 Å². The smallest absolute Gasteiger partial charge is 0.265 e. The van der Waals surface area contributed by atoms with Crippen molar-refractivity contribution in [2.75, 3.05) is 4.72 Å². The quantitative estimate of drug-likeness (QED) is 0.760. The molecule has 0 bridgehead atoms. The third-order valence-electron chi connectivity index (χ3n) is 3.02. The summed E-state index contributed by atoms with van der Waals surface area (Å²) in [4.78, 5) is 8.20. The second kappa shape index (κ2) is 5.32. The molecule has 0 aliphatic rings. The molecule has 0 unspecified atom stereocenters. The minimum Gasteiger partial charge on any atom is -0.360 e. The lowest BCUT2D eigenvalue weighted by atomic mass is 10.2. The van der Waals surface area contributed by atoms with Gasteiger partial charge in [-0.3, -0.25) is 4.72 Å². The monoisotopic (exact) mass is 341 g/mol. The van der Waals surface area contributed by atoms with Crippen LogP contribution in [0.3, 0.4) is 0 Å². The lowest BCUT2D eigenvalue weighted by Gasteiger charge is -2.03. The number of hydrogen-bond donors (Lipinski definition) is 2. The molecule has 2 N–H and O–H groups in total. The minimum absolute atomic E-state index is 0.183. The number of aryl methyl sites for hydroxylation is 1. The summed E-state index contributed by atoms with van der Waals surface area (Å²) in [5.74, 6) is 0. The van der Waals surface area contributed by atoms with Crippen LogP contribution in [0.15, 0.2) is 35.5 Å². The van der Waals surface area contributed by atoms with Crippen LogP contribution in [0.1, 0.15) is 11.8 Å². The molecule has 0 fully saturated rings. The second-order valence-corrected chi connectivity index (χ2v) is 7.64. The van der Waals surface area contributed by atoms with Crippen molar-refractivity contribution in [2.24, 2.45) is 0 Å². The van der Waals surface area contributed by atoms with Gasteiger partial charge in [0.1, 0.15) is 4.90 Å². The molecule has 0 saturated heterocycles. The number of rotatable bonds is 4. The van der Waals surface area contributed by atoms with E-state index in [0.717, 1.165) is 11.3 Å². The van der Waals surface area contributed by atoms with Gasteiger partial charge in [-0.2, -0.15) is 0 Å². The van der Waals surface area contributed by atoms with E-state index in [-0.39, 0.29) is 4.90 Å². The van der Waals surface area contributed by atoms with E-state index in [4.69, 9.17) is 11.6 Å². The Morgan fingerprint density at radius 1 is 1.43 bits per heavy atom. The fourth-order valence-corrected chi connectivity index (χ4v) is 4.33. The van der Waals surface area contributed by atoms with Crippen molar-refractivity contribution in [1.82, 2.24) is 9.97 Å². The Labute approximate surface area is 131 Å². The molecule has 110 valence electrons. The Morgan fingerprint density at radius 3 is 2.95 bits per heavy atom. The number of benzene rings is 1. The first-order valence-corrected chi connectivity index (χ1v) is 8.91. The first-order chi connectivity index (χ1) is 9.99. The first-order valence-electron chi connectivity index (χ1n) is 6.24. The number of sulfonamides is 1. The molecule has 2 aromatic heterocycles. The molecule has 0 saturated carbocycles. The van der Waals surface area contributed by atoms with Gasteiger partial charge in [0, 0.05) is 33.2 Å². The van der Waals surface area contributed by atoms with Crippen molar-refractivity contribution in [1.29, 1.82) is 0 Å². The number of H-pyrrole nitrogens is 1. The second-order valence-electron chi connectivity index (χ2n) is 4.43. The molecule has 3 rings (SSSR count). The van der Waals surface area contributed by atoms with Gasteiger partial charge >= 0.3 is 0 Å². The number of nitrogens with zero attached hydrogens (tertiary/aromatic N) is 1. The van der Waals surface area contributed by atoms with E-state index in [9.17, 15) is 8.42 Å². The Kier molecular flexibility index (Phi) is 3.64. The van der Waals surface area contributed by atoms with Crippen LogP contribution in [-0.4, -0.2) is 18.4 Å². The molecule has 5 nitrogen and oxygen atoms in total. The molecule has 0 aliphatic carbocycles. The van der Waals surface area contributed by atoms with E-state index in [1.165, 1.54) is 17.5 Å². The number of anilines is 1. The number of hydrogen-bond acceptors (Lipinski definition) is 4. The predicted molar refractivity (Wildman–Crippen MR) is 85.6 cm³/mol. The Bertz CT molecular complexity index is 899. The molecular formula is C13H12ClN3O2S2. The minimum atomic E-state index is -3.68. The van der Waals surface area contributed by atoms with E-state index >= 15 is 0 Å². The van der Waals surface area contributed by atoms with E-state index in [1.807, 2.05) is 6.92 Å². The summed E-state index contributed by atoms with van der Waals surface area (Å²) in [6.07, 6.45) is 3.96. The van der Waals surface area contributed by atoms with E-state index in [2.05, 4.69) is 14.7 Å². The number of nitrogens with one attached hydrogen (secondary N) is 2. The van der Waals surface area contributed by atoms with Gasteiger partial charge in [-0.1, -0.05) is 18.5 Å². The lowest BCUT2D eigenvalue weighted by Crippen LogP contribution is -2.12. The zero-order valence-corrected chi connectivity index (χ0v) is 13.4. The van der Waals surface area contributed by atoms with Crippen molar-refractivity contribution >= 4 is 49.0 Å². The lowest BCUT2D eigenvalue weighted by molar-refractivity contribution is 0.602. The van der Waals surface area contributed by atoms with Gasteiger partial charge < -0.3 is 4.98 Å². The maximum absolute atomic E-state index is 12.5. The summed E-state index contributed by atoms with van der Waals surface area (Å²) in [7, 11) is -3.68. The standard InChI is InChI=1S/C13H12ClN3O2S2/c1-2-9-6-16-13(20-9)17-21(18,19)12-7-15-11-5-8(14)3-4-10(11)12/h3-7,15H,2H2,1H3,(H,16,17). The van der Waals surface area contributed by atoms with Crippen LogP contribution in [0.5, 0.6) is 0 Å². The van der Waals surface area contributed by atoms with Crippen LogP contribution in [0.4, 0.5) is 5.13 Å². The summed E-state index contributed by atoms with van der Waals surface area (Å²) < 4.78 is 27.4. The fourth-order valence-electron chi connectivity index (χ4n) is 1.98. The molecule has 8 heteroatoms. The van der Waals surface area contributed by atoms with Crippen molar-refractivity contribution in [3.05, 3.63) is 40.5 Å². The molecule has 1 aromatic carbocycles. The van der Waals surface area contributed by atoms with Gasteiger partial charge in [-0.25, -0.2) is 13.4 Å². The Balaban J connectivity index is 2.00. The first kappa shape index (κ1) is 14.4. The largest absolute Gasteiger partial charge is 0.360 e. The topological polar surface area (TPSA) is 74.8 Å².